The molecule has 0 spiro atoms. The molecule has 0 saturated carbocycles. The second-order valence-electron chi connectivity index (χ2n) is 5.86. The first kappa shape index (κ1) is 18.6. The highest BCUT2D eigenvalue weighted by molar-refractivity contribution is 5.77. The van der Waals surface area contributed by atoms with Gasteiger partial charge in [-0.3, -0.25) is 4.79 Å². The van der Waals surface area contributed by atoms with E-state index in [1.54, 1.807) is 19.2 Å². The predicted molar refractivity (Wildman–Crippen MR) is 97.5 cm³/mol. The Bertz CT molecular complexity index is 685. The zero-order valence-electron chi connectivity index (χ0n) is 15.0. The largest absolute Gasteiger partial charge is 0.497 e. The molecule has 0 radical (unpaired) electrons. The normalized spacial score (nSPS) is 10.4. The molecule has 5 heteroatoms. The Morgan fingerprint density at radius 2 is 1.80 bits per heavy atom. The molecule has 1 N–H and O–H groups in total. The van der Waals surface area contributed by atoms with Crippen molar-refractivity contribution in [3.8, 4) is 17.2 Å². The monoisotopic (exact) mass is 343 g/mol. The van der Waals surface area contributed by atoms with Gasteiger partial charge in [-0.05, 0) is 29.7 Å². The Hall–Kier alpha value is -2.69. The molecule has 0 aromatic heterocycles. The number of carbonyl (C=O) groups is 1. The van der Waals surface area contributed by atoms with Gasteiger partial charge in [-0.25, -0.2) is 0 Å². The standard InChI is InChI=1S/C20H25NO4/c1-15(2)18-9-4-5-10-19(18)24-12-11-21-20(22)14-25-17-8-6-7-16(13-17)23-3/h4-10,13,15H,11-12,14H2,1-3H3,(H,21,22). The third-order valence-corrected chi connectivity index (χ3v) is 3.63. The molecule has 0 saturated heterocycles. The highest BCUT2D eigenvalue weighted by atomic mass is 16.5. The number of ether oxygens (including phenoxy) is 3. The summed E-state index contributed by atoms with van der Waals surface area (Å²) in [6.45, 7) is 5.04. The summed E-state index contributed by atoms with van der Waals surface area (Å²) in [5.41, 5.74) is 1.16. The Kier molecular flexibility index (Phi) is 7.14. The minimum Gasteiger partial charge on any atom is -0.497 e. The van der Waals surface area contributed by atoms with Crippen LogP contribution in [0.25, 0.3) is 0 Å². The van der Waals surface area contributed by atoms with Gasteiger partial charge < -0.3 is 19.5 Å². The average Bonchev–Trinajstić information content (AvgIpc) is 2.64. The first-order chi connectivity index (χ1) is 12.1. The second-order valence-corrected chi connectivity index (χ2v) is 5.86. The SMILES string of the molecule is COc1cccc(OCC(=O)NCCOc2ccccc2C(C)C)c1. The number of hydrogen-bond acceptors (Lipinski definition) is 4. The molecule has 1 amide bonds. The van der Waals surface area contributed by atoms with Crippen molar-refractivity contribution in [2.24, 2.45) is 0 Å². The molecule has 0 unspecified atom stereocenters. The van der Waals surface area contributed by atoms with Gasteiger partial charge in [0.15, 0.2) is 6.61 Å². The van der Waals surface area contributed by atoms with E-state index in [1.807, 2.05) is 30.3 Å². The lowest BCUT2D eigenvalue weighted by atomic mass is 10.0. The summed E-state index contributed by atoms with van der Waals surface area (Å²) >= 11 is 0. The Balaban J connectivity index is 1.70. The Morgan fingerprint density at radius 1 is 1.04 bits per heavy atom. The first-order valence-corrected chi connectivity index (χ1v) is 8.35. The summed E-state index contributed by atoms with van der Waals surface area (Å²) in [5.74, 6) is 2.34. The van der Waals surface area contributed by atoms with Gasteiger partial charge in [0.1, 0.15) is 23.9 Å². The van der Waals surface area contributed by atoms with Crippen LogP contribution in [0.3, 0.4) is 0 Å². The summed E-state index contributed by atoms with van der Waals surface area (Å²) in [4.78, 5) is 11.8. The van der Waals surface area contributed by atoms with E-state index < -0.39 is 0 Å². The summed E-state index contributed by atoms with van der Waals surface area (Å²) in [5, 5.41) is 2.78. The fourth-order valence-electron chi connectivity index (χ4n) is 2.33. The lowest BCUT2D eigenvalue weighted by molar-refractivity contribution is -0.123. The van der Waals surface area contributed by atoms with Crippen molar-refractivity contribution in [2.75, 3.05) is 26.9 Å². The van der Waals surface area contributed by atoms with Crippen LogP contribution in [0, 0.1) is 0 Å². The van der Waals surface area contributed by atoms with Crippen LogP contribution in [-0.2, 0) is 4.79 Å². The molecule has 0 bridgehead atoms. The molecular weight excluding hydrogens is 318 g/mol. The van der Waals surface area contributed by atoms with Crippen LogP contribution in [0.1, 0.15) is 25.3 Å². The molecule has 2 aromatic rings. The number of carbonyl (C=O) groups excluding carboxylic acids is 1. The molecule has 0 heterocycles. The van der Waals surface area contributed by atoms with E-state index in [1.165, 1.54) is 0 Å². The molecule has 0 fully saturated rings. The van der Waals surface area contributed by atoms with Crippen molar-refractivity contribution in [3.05, 3.63) is 54.1 Å². The highest BCUT2D eigenvalue weighted by Crippen LogP contribution is 2.25. The number of hydrogen-bond donors (Lipinski definition) is 1. The number of benzene rings is 2. The quantitative estimate of drug-likeness (QED) is 0.709. The molecule has 5 nitrogen and oxygen atoms in total. The molecule has 134 valence electrons. The molecule has 25 heavy (non-hydrogen) atoms. The number of para-hydroxylation sites is 1. The fraction of sp³-hybridized carbons (Fsp3) is 0.350. The van der Waals surface area contributed by atoms with E-state index in [-0.39, 0.29) is 12.5 Å². The van der Waals surface area contributed by atoms with Gasteiger partial charge in [0.05, 0.1) is 13.7 Å². The van der Waals surface area contributed by atoms with Crippen molar-refractivity contribution in [2.45, 2.75) is 19.8 Å². The third kappa shape index (κ3) is 6.03. The van der Waals surface area contributed by atoms with Crippen molar-refractivity contribution >= 4 is 5.91 Å². The molecule has 2 rings (SSSR count). The predicted octanol–water partition coefficient (Wildman–Crippen LogP) is 3.39. The first-order valence-electron chi connectivity index (χ1n) is 8.35. The lowest BCUT2D eigenvalue weighted by Crippen LogP contribution is -2.32. The van der Waals surface area contributed by atoms with Crippen molar-refractivity contribution in [3.63, 3.8) is 0 Å². The molecule has 0 aliphatic carbocycles. The van der Waals surface area contributed by atoms with Gasteiger partial charge in [-0.2, -0.15) is 0 Å². The van der Waals surface area contributed by atoms with Crippen LogP contribution >= 0.6 is 0 Å². The van der Waals surface area contributed by atoms with Crippen LogP contribution in [0.15, 0.2) is 48.5 Å². The minimum atomic E-state index is -0.191. The van der Waals surface area contributed by atoms with Gasteiger partial charge in [0, 0.05) is 6.07 Å². The van der Waals surface area contributed by atoms with E-state index in [2.05, 4.69) is 25.2 Å². The number of rotatable bonds is 9. The van der Waals surface area contributed by atoms with Crippen LogP contribution in [0.5, 0.6) is 17.2 Å². The molecule has 0 aliphatic heterocycles. The minimum absolute atomic E-state index is 0.0459. The van der Waals surface area contributed by atoms with E-state index in [9.17, 15) is 4.79 Å². The average molecular weight is 343 g/mol. The van der Waals surface area contributed by atoms with Crippen LogP contribution in [-0.4, -0.2) is 32.8 Å². The number of methoxy groups -OCH3 is 1. The Morgan fingerprint density at radius 3 is 2.56 bits per heavy atom. The maximum atomic E-state index is 11.8. The zero-order valence-corrected chi connectivity index (χ0v) is 15.0. The summed E-state index contributed by atoms with van der Waals surface area (Å²) in [6, 6.07) is 15.1. The zero-order chi connectivity index (χ0) is 18.1. The van der Waals surface area contributed by atoms with Gasteiger partial charge in [-0.15, -0.1) is 0 Å². The van der Waals surface area contributed by atoms with E-state index in [0.717, 1.165) is 11.3 Å². The summed E-state index contributed by atoms with van der Waals surface area (Å²) in [7, 11) is 1.59. The fourth-order valence-corrected chi connectivity index (χ4v) is 2.33. The Labute approximate surface area is 148 Å². The van der Waals surface area contributed by atoms with E-state index in [0.29, 0.717) is 30.6 Å². The maximum Gasteiger partial charge on any atom is 0.258 e. The summed E-state index contributed by atoms with van der Waals surface area (Å²) in [6.07, 6.45) is 0. The van der Waals surface area contributed by atoms with Crippen LogP contribution < -0.4 is 19.5 Å². The topological polar surface area (TPSA) is 56.8 Å². The van der Waals surface area contributed by atoms with Gasteiger partial charge in [0.2, 0.25) is 0 Å². The third-order valence-electron chi connectivity index (χ3n) is 3.63. The van der Waals surface area contributed by atoms with Crippen LogP contribution in [0.2, 0.25) is 0 Å². The van der Waals surface area contributed by atoms with Gasteiger partial charge in [-0.1, -0.05) is 38.1 Å². The van der Waals surface area contributed by atoms with E-state index >= 15 is 0 Å². The smallest absolute Gasteiger partial charge is 0.258 e. The van der Waals surface area contributed by atoms with Crippen LogP contribution in [0.4, 0.5) is 0 Å². The van der Waals surface area contributed by atoms with Gasteiger partial charge >= 0.3 is 0 Å². The second kappa shape index (κ2) is 9.57. The van der Waals surface area contributed by atoms with Crippen molar-refractivity contribution in [1.82, 2.24) is 5.32 Å². The van der Waals surface area contributed by atoms with Crippen molar-refractivity contribution in [1.29, 1.82) is 0 Å². The number of nitrogens with one attached hydrogen (secondary N) is 1. The number of amides is 1. The lowest BCUT2D eigenvalue weighted by Gasteiger charge is -2.14. The van der Waals surface area contributed by atoms with Crippen molar-refractivity contribution < 1.29 is 19.0 Å². The maximum absolute atomic E-state index is 11.8. The molecule has 2 aromatic carbocycles. The summed E-state index contributed by atoms with van der Waals surface area (Å²) < 4.78 is 16.3. The highest BCUT2D eigenvalue weighted by Gasteiger charge is 2.07. The van der Waals surface area contributed by atoms with E-state index in [4.69, 9.17) is 14.2 Å². The molecular formula is C20H25NO4. The van der Waals surface area contributed by atoms with Gasteiger partial charge in [0.25, 0.3) is 5.91 Å². The molecule has 0 atom stereocenters. The molecule has 0 aliphatic rings.